The Hall–Kier alpha value is -0.830. The molecule has 2 N–H and O–H groups in total. The van der Waals surface area contributed by atoms with Crippen LogP contribution < -0.4 is 10.5 Å². The summed E-state index contributed by atoms with van der Waals surface area (Å²) < 4.78 is 5.08. The number of benzene rings is 1. The van der Waals surface area contributed by atoms with E-state index >= 15 is 0 Å². The van der Waals surface area contributed by atoms with Crippen molar-refractivity contribution in [3.05, 3.63) is 24.3 Å². The first kappa shape index (κ1) is 7.28. The second-order valence-corrected chi connectivity index (χ2v) is 2.07. The van der Waals surface area contributed by atoms with Gasteiger partial charge in [-0.2, -0.15) is 0 Å². The van der Waals surface area contributed by atoms with Crippen LogP contribution in [0.1, 0.15) is 0 Å². The summed E-state index contributed by atoms with van der Waals surface area (Å²) in [4.78, 5) is 0. The number of hydrogen-bond donors (Lipinski definition) is 2. The van der Waals surface area contributed by atoms with Crippen LogP contribution in [-0.2, 0) is 0 Å². The summed E-state index contributed by atoms with van der Waals surface area (Å²) in [6, 6.07) is 7.33. The molecule has 3 heteroatoms. The third kappa shape index (κ3) is 1.57. The maximum absolute atomic E-state index is 5.55. The Kier molecular flexibility index (Phi) is 2.45. The quantitative estimate of drug-likeness (QED) is 0.386. The first-order valence-corrected chi connectivity index (χ1v) is 3.56. The molecule has 0 spiro atoms. The highest BCUT2D eigenvalue weighted by atomic mass is 32.1. The molecule has 0 bridgehead atoms. The molecule has 0 aliphatic heterocycles. The molecule has 0 heterocycles. The summed E-state index contributed by atoms with van der Waals surface area (Å²) in [5.74, 6) is 1.05. The van der Waals surface area contributed by atoms with E-state index in [0.29, 0.717) is 17.4 Å². The van der Waals surface area contributed by atoms with E-state index in [2.05, 4.69) is 12.6 Å². The standard InChI is InChI=1S/C7H9NOS/c8-6-3-1-2-4-7(6)9-5-10/h1-4,10H,5,8H2. The van der Waals surface area contributed by atoms with Gasteiger partial charge in [0.05, 0.1) is 5.69 Å². The molecular formula is C7H9NOS. The molecule has 0 radical (unpaired) electrons. The second-order valence-electron chi connectivity index (χ2n) is 1.81. The largest absolute Gasteiger partial charge is 0.481 e. The first-order valence-electron chi connectivity index (χ1n) is 2.93. The fourth-order valence-corrected chi connectivity index (χ4v) is 0.821. The van der Waals surface area contributed by atoms with E-state index in [1.165, 1.54) is 0 Å². The van der Waals surface area contributed by atoms with Gasteiger partial charge in [0.15, 0.2) is 0 Å². The van der Waals surface area contributed by atoms with Crippen molar-refractivity contribution >= 4 is 18.3 Å². The molecule has 0 atom stereocenters. The van der Waals surface area contributed by atoms with Crippen LogP contribution in [0.15, 0.2) is 24.3 Å². The van der Waals surface area contributed by atoms with Gasteiger partial charge in [-0.25, -0.2) is 0 Å². The molecule has 0 saturated carbocycles. The number of nitrogen functional groups attached to an aromatic ring is 1. The minimum absolute atomic E-state index is 0.355. The molecule has 54 valence electrons. The SMILES string of the molecule is Nc1ccccc1OCS. The summed E-state index contributed by atoms with van der Waals surface area (Å²) >= 11 is 3.90. The van der Waals surface area contributed by atoms with Crippen molar-refractivity contribution in [2.24, 2.45) is 0 Å². The van der Waals surface area contributed by atoms with Crippen LogP contribution in [0.25, 0.3) is 0 Å². The normalized spacial score (nSPS) is 9.30. The minimum Gasteiger partial charge on any atom is -0.481 e. The molecule has 1 rings (SSSR count). The number of ether oxygens (including phenoxy) is 1. The van der Waals surface area contributed by atoms with Crippen molar-refractivity contribution in [2.45, 2.75) is 0 Å². The van der Waals surface area contributed by atoms with Gasteiger partial charge in [0, 0.05) is 0 Å². The first-order chi connectivity index (χ1) is 4.84. The van der Waals surface area contributed by atoms with Crippen LogP contribution in [0.3, 0.4) is 0 Å². The lowest BCUT2D eigenvalue weighted by atomic mass is 10.3. The minimum atomic E-state index is 0.355. The van der Waals surface area contributed by atoms with E-state index in [0.717, 1.165) is 0 Å². The topological polar surface area (TPSA) is 35.2 Å². The average molecular weight is 155 g/mol. The lowest BCUT2D eigenvalue weighted by molar-refractivity contribution is 0.397. The third-order valence-corrected chi connectivity index (χ3v) is 1.27. The van der Waals surface area contributed by atoms with E-state index in [-0.39, 0.29) is 0 Å². The summed E-state index contributed by atoms with van der Waals surface area (Å²) in [6.45, 7) is 0. The van der Waals surface area contributed by atoms with Gasteiger partial charge in [0.2, 0.25) is 0 Å². The predicted octanol–water partition coefficient (Wildman–Crippen LogP) is 1.53. The van der Waals surface area contributed by atoms with Crippen LogP contribution in [0.2, 0.25) is 0 Å². The highest BCUT2D eigenvalue weighted by Crippen LogP contribution is 2.19. The molecular weight excluding hydrogens is 146 g/mol. The second kappa shape index (κ2) is 3.37. The Balaban J connectivity index is 2.81. The van der Waals surface area contributed by atoms with Crippen molar-refractivity contribution in [1.29, 1.82) is 0 Å². The van der Waals surface area contributed by atoms with E-state index in [1.807, 2.05) is 18.2 Å². The maximum Gasteiger partial charge on any atom is 0.143 e. The van der Waals surface area contributed by atoms with Gasteiger partial charge in [0.1, 0.15) is 11.7 Å². The Labute approximate surface area is 65.4 Å². The van der Waals surface area contributed by atoms with Crippen molar-refractivity contribution < 1.29 is 4.74 Å². The van der Waals surface area contributed by atoms with Gasteiger partial charge in [-0.15, -0.1) is 12.6 Å². The van der Waals surface area contributed by atoms with Crippen molar-refractivity contribution in [1.82, 2.24) is 0 Å². The molecule has 0 saturated heterocycles. The van der Waals surface area contributed by atoms with E-state index < -0.39 is 0 Å². The summed E-state index contributed by atoms with van der Waals surface area (Å²) in [5, 5.41) is 0. The van der Waals surface area contributed by atoms with Gasteiger partial charge in [-0.05, 0) is 12.1 Å². The number of nitrogens with two attached hydrogens (primary N) is 1. The zero-order chi connectivity index (χ0) is 7.40. The van der Waals surface area contributed by atoms with E-state index in [9.17, 15) is 0 Å². The van der Waals surface area contributed by atoms with Gasteiger partial charge in [-0.3, -0.25) is 0 Å². The molecule has 1 aromatic rings. The fourth-order valence-electron chi connectivity index (χ4n) is 0.682. The molecule has 10 heavy (non-hydrogen) atoms. The van der Waals surface area contributed by atoms with Crippen molar-refractivity contribution in [2.75, 3.05) is 11.7 Å². The average Bonchev–Trinajstić information content (AvgIpc) is 1.94. The van der Waals surface area contributed by atoms with E-state index in [4.69, 9.17) is 10.5 Å². The molecule has 0 fully saturated rings. The number of para-hydroxylation sites is 2. The van der Waals surface area contributed by atoms with Crippen LogP contribution in [0.5, 0.6) is 5.75 Å². The van der Waals surface area contributed by atoms with E-state index in [1.54, 1.807) is 6.07 Å². The Bertz CT molecular complexity index is 215. The summed E-state index contributed by atoms with van der Waals surface area (Å²) in [5.41, 5.74) is 6.20. The molecule has 2 nitrogen and oxygen atoms in total. The zero-order valence-electron chi connectivity index (χ0n) is 5.45. The maximum atomic E-state index is 5.55. The smallest absolute Gasteiger partial charge is 0.143 e. The number of hydrogen-bond acceptors (Lipinski definition) is 3. The third-order valence-electron chi connectivity index (χ3n) is 1.14. The number of rotatable bonds is 2. The Morgan fingerprint density at radius 1 is 1.40 bits per heavy atom. The molecule has 0 unspecified atom stereocenters. The Morgan fingerprint density at radius 2 is 2.10 bits per heavy atom. The van der Waals surface area contributed by atoms with Gasteiger partial charge >= 0.3 is 0 Å². The van der Waals surface area contributed by atoms with Crippen LogP contribution in [0, 0.1) is 0 Å². The monoisotopic (exact) mass is 155 g/mol. The lowest BCUT2D eigenvalue weighted by Gasteiger charge is -2.03. The van der Waals surface area contributed by atoms with Crippen molar-refractivity contribution in [3.63, 3.8) is 0 Å². The summed E-state index contributed by atoms with van der Waals surface area (Å²) in [6.07, 6.45) is 0. The fraction of sp³-hybridized carbons (Fsp3) is 0.143. The lowest BCUT2D eigenvalue weighted by Crippen LogP contribution is -1.94. The molecule has 0 aliphatic rings. The van der Waals surface area contributed by atoms with Crippen LogP contribution in [-0.4, -0.2) is 5.94 Å². The zero-order valence-corrected chi connectivity index (χ0v) is 6.34. The van der Waals surface area contributed by atoms with Gasteiger partial charge in [0.25, 0.3) is 0 Å². The molecule has 0 aliphatic carbocycles. The predicted molar refractivity (Wildman–Crippen MR) is 45.3 cm³/mol. The van der Waals surface area contributed by atoms with Crippen LogP contribution >= 0.6 is 12.6 Å². The highest BCUT2D eigenvalue weighted by molar-refractivity contribution is 7.80. The summed E-state index contributed by atoms with van der Waals surface area (Å²) in [7, 11) is 0. The molecule has 1 aromatic carbocycles. The molecule has 0 amide bonds. The van der Waals surface area contributed by atoms with Gasteiger partial charge < -0.3 is 10.5 Å². The number of thiol groups is 1. The van der Waals surface area contributed by atoms with Gasteiger partial charge in [-0.1, -0.05) is 12.1 Å². The van der Waals surface area contributed by atoms with Crippen LogP contribution in [0.4, 0.5) is 5.69 Å². The number of anilines is 1. The Morgan fingerprint density at radius 3 is 2.70 bits per heavy atom. The van der Waals surface area contributed by atoms with Crippen molar-refractivity contribution in [3.8, 4) is 5.75 Å². The highest BCUT2D eigenvalue weighted by Gasteiger charge is 1.94. The molecule has 0 aromatic heterocycles.